The van der Waals surface area contributed by atoms with E-state index in [1.165, 1.54) is 17.4 Å². The molecule has 1 aromatic heterocycles. The third-order valence-electron chi connectivity index (χ3n) is 3.89. The second-order valence-electron chi connectivity index (χ2n) is 5.84. The van der Waals surface area contributed by atoms with E-state index < -0.39 is 23.4 Å². The molecule has 0 atom stereocenters. The van der Waals surface area contributed by atoms with Gasteiger partial charge in [0.15, 0.2) is 5.13 Å². The molecule has 0 bridgehead atoms. The lowest BCUT2D eigenvalue weighted by atomic mass is 10.3. The summed E-state index contributed by atoms with van der Waals surface area (Å²) in [6.07, 6.45) is 0. The first-order valence-electron chi connectivity index (χ1n) is 8.34. The average Bonchev–Trinajstić information content (AvgIpc) is 3.09. The van der Waals surface area contributed by atoms with E-state index in [1.807, 2.05) is 36.4 Å². The number of carbonyl (C=O) groups is 1. The van der Waals surface area contributed by atoms with Gasteiger partial charge < -0.3 is 16.0 Å². The molecule has 3 aromatic carbocycles. The molecule has 5 nitrogen and oxygen atoms in total. The normalized spacial score (nSPS) is 10.6. The maximum atomic E-state index is 13.7. The van der Waals surface area contributed by atoms with Crippen LogP contribution in [-0.4, -0.2) is 11.0 Å². The lowest BCUT2D eigenvalue weighted by molar-refractivity contribution is 0.262. The summed E-state index contributed by atoms with van der Waals surface area (Å²) in [7, 11) is 0. The highest BCUT2D eigenvalue weighted by Gasteiger charge is 2.14. The predicted molar refractivity (Wildman–Crippen MR) is 108 cm³/mol. The van der Waals surface area contributed by atoms with Crippen molar-refractivity contribution in [3.05, 3.63) is 78.4 Å². The number of fused-ring (bicyclic) bond motifs is 1. The first-order valence-corrected chi connectivity index (χ1v) is 9.15. The molecule has 0 aliphatic heterocycles. The average molecular weight is 396 g/mol. The Morgan fingerprint density at radius 2 is 1.57 bits per heavy atom. The number of nitrogens with one attached hydrogen (secondary N) is 3. The zero-order valence-electron chi connectivity index (χ0n) is 14.4. The zero-order chi connectivity index (χ0) is 19.5. The Labute approximate surface area is 163 Å². The number of aromatic nitrogens is 1. The van der Waals surface area contributed by atoms with Crippen molar-refractivity contribution in [2.75, 3.05) is 16.0 Å². The van der Waals surface area contributed by atoms with E-state index in [0.717, 1.165) is 22.5 Å². The monoisotopic (exact) mass is 396 g/mol. The second kappa shape index (κ2) is 7.61. The van der Waals surface area contributed by atoms with Crippen molar-refractivity contribution in [3.8, 4) is 0 Å². The SMILES string of the molecule is O=C(Nc1c(F)cccc1F)Nc1cccc2sc(Nc3ccccc3)nc12. The summed E-state index contributed by atoms with van der Waals surface area (Å²) in [5.74, 6) is -1.70. The Morgan fingerprint density at radius 3 is 2.32 bits per heavy atom. The lowest BCUT2D eigenvalue weighted by Crippen LogP contribution is -2.21. The van der Waals surface area contributed by atoms with Crippen molar-refractivity contribution in [3.63, 3.8) is 0 Å². The quantitative estimate of drug-likeness (QED) is 0.399. The van der Waals surface area contributed by atoms with E-state index in [0.29, 0.717) is 16.3 Å². The Hall–Kier alpha value is -3.52. The summed E-state index contributed by atoms with van der Waals surface area (Å²) < 4.78 is 28.3. The van der Waals surface area contributed by atoms with E-state index in [2.05, 4.69) is 20.9 Å². The van der Waals surface area contributed by atoms with Crippen LogP contribution in [0.2, 0.25) is 0 Å². The molecule has 2 amide bonds. The van der Waals surface area contributed by atoms with Gasteiger partial charge in [0.2, 0.25) is 0 Å². The number of para-hydroxylation sites is 3. The number of urea groups is 1. The molecule has 0 fully saturated rings. The fourth-order valence-corrected chi connectivity index (χ4v) is 3.55. The predicted octanol–water partition coefficient (Wildman–Crippen LogP) is 5.96. The van der Waals surface area contributed by atoms with Crippen molar-refractivity contribution in [1.29, 1.82) is 0 Å². The van der Waals surface area contributed by atoms with Gasteiger partial charge in [0.1, 0.15) is 22.8 Å². The molecule has 4 rings (SSSR count). The number of rotatable bonds is 4. The molecule has 0 unspecified atom stereocenters. The molecule has 0 aliphatic carbocycles. The summed E-state index contributed by atoms with van der Waals surface area (Å²) in [5, 5.41) is 8.67. The molecule has 0 spiro atoms. The molecule has 0 aliphatic rings. The molecule has 28 heavy (non-hydrogen) atoms. The van der Waals surface area contributed by atoms with E-state index in [-0.39, 0.29) is 0 Å². The van der Waals surface area contributed by atoms with Crippen molar-refractivity contribution < 1.29 is 13.6 Å². The highest BCUT2D eigenvalue weighted by atomic mass is 32.1. The van der Waals surface area contributed by atoms with E-state index in [4.69, 9.17) is 0 Å². The molecule has 0 radical (unpaired) electrons. The van der Waals surface area contributed by atoms with Gasteiger partial charge in [-0.25, -0.2) is 18.6 Å². The first kappa shape index (κ1) is 17.9. The Morgan fingerprint density at radius 1 is 0.857 bits per heavy atom. The first-order chi connectivity index (χ1) is 13.6. The minimum absolute atomic E-state index is 0.434. The molecule has 3 N–H and O–H groups in total. The highest BCUT2D eigenvalue weighted by molar-refractivity contribution is 7.22. The highest BCUT2D eigenvalue weighted by Crippen LogP contribution is 2.32. The summed E-state index contributed by atoms with van der Waals surface area (Å²) in [4.78, 5) is 16.8. The Kier molecular flexibility index (Phi) is 4.86. The van der Waals surface area contributed by atoms with Gasteiger partial charge >= 0.3 is 6.03 Å². The van der Waals surface area contributed by atoms with Crippen molar-refractivity contribution in [2.24, 2.45) is 0 Å². The van der Waals surface area contributed by atoms with Gasteiger partial charge in [0.25, 0.3) is 0 Å². The summed E-state index contributed by atoms with van der Waals surface area (Å²) >= 11 is 1.43. The van der Waals surface area contributed by atoms with Crippen LogP contribution in [-0.2, 0) is 0 Å². The Balaban J connectivity index is 1.56. The number of nitrogens with zero attached hydrogens (tertiary/aromatic N) is 1. The number of carbonyl (C=O) groups excluding carboxylic acids is 1. The maximum Gasteiger partial charge on any atom is 0.323 e. The second-order valence-corrected chi connectivity index (χ2v) is 6.87. The van der Waals surface area contributed by atoms with Gasteiger partial charge in [0, 0.05) is 5.69 Å². The van der Waals surface area contributed by atoms with Gasteiger partial charge in [-0.2, -0.15) is 0 Å². The van der Waals surface area contributed by atoms with Crippen LogP contribution in [0, 0.1) is 11.6 Å². The number of thiazole rings is 1. The van der Waals surface area contributed by atoms with E-state index >= 15 is 0 Å². The number of halogens is 2. The molecule has 1 heterocycles. The van der Waals surface area contributed by atoms with Crippen LogP contribution in [0.25, 0.3) is 10.2 Å². The van der Waals surface area contributed by atoms with Gasteiger partial charge in [-0.3, -0.25) is 0 Å². The summed E-state index contributed by atoms with van der Waals surface area (Å²) in [6.45, 7) is 0. The van der Waals surface area contributed by atoms with Crippen LogP contribution in [0.1, 0.15) is 0 Å². The van der Waals surface area contributed by atoms with Crippen LogP contribution >= 0.6 is 11.3 Å². The van der Waals surface area contributed by atoms with Gasteiger partial charge in [0.05, 0.1) is 10.4 Å². The zero-order valence-corrected chi connectivity index (χ0v) is 15.2. The summed E-state index contributed by atoms with van der Waals surface area (Å²) in [6, 6.07) is 17.5. The molecular formula is C20H14F2N4OS. The van der Waals surface area contributed by atoms with E-state index in [1.54, 1.807) is 12.1 Å². The van der Waals surface area contributed by atoms with Crippen LogP contribution in [0.5, 0.6) is 0 Å². The molecule has 0 saturated heterocycles. The molecule has 8 heteroatoms. The number of amides is 2. The number of anilines is 4. The Bertz CT molecular complexity index is 1130. The number of hydrogen-bond acceptors (Lipinski definition) is 4. The van der Waals surface area contributed by atoms with E-state index in [9.17, 15) is 13.6 Å². The maximum absolute atomic E-state index is 13.7. The van der Waals surface area contributed by atoms with Crippen LogP contribution in [0.15, 0.2) is 66.7 Å². The number of hydrogen-bond donors (Lipinski definition) is 3. The summed E-state index contributed by atoms with van der Waals surface area (Å²) in [5.41, 5.74) is 1.40. The van der Waals surface area contributed by atoms with Crippen molar-refractivity contribution in [2.45, 2.75) is 0 Å². The van der Waals surface area contributed by atoms with Crippen LogP contribution < -0.4 is 16.0 Å². The fraction of sp³-hybridized carbons (Fsp3) is 0. The van der Waals surface area contributed by atoms with Crippen LogP contribution in [0.3, 0.4) is 0 Å². The standard InChI is InChI=1S/C20H14F2N4OS/c21-13-8-4-9-14(22)17(13)25-19(27)24-15-10-5-11-16-18(15)26-20(28-16)23-12-6-2-1-3-7-12/h1-11H,(H,23,26)(H2,24,25,27). The number of benzene rings is 3. The third kappa shape index (κ3) is 3.77. The minimum atomic E-state index is -0.851. The third-order valence-corrected chi connectivity index (χ3v) is 4.83. The minimum Gasteiger partial charge on any atom is -0.332 e. The van der Waals surface area contributed by atoms with Crippen molar-refractivity contribution >= 4 is 49.8 Å². The molecule has 4 aromatic rings. The molecule has 0 saturated carbocycles. The van der Waals surface area contributed by atoms with Gasteiger partial charge in [-0.05, 0) is 36.4 Å². The van der Waals surface area contributed by atoms with Gasteiger partial charge in [-0.1, -0.05) is 41.7 Å². The fourth-order valence-electron chi connectivity index (χ4n) is 2.63. The lowest BCUT2D eigenvalue weighted by Gasteiger charge is -2.09. The van der Waals surface area contributed by atoms with Gasteiger partial charge in [-0.15, -0.1) is 0 Å². The van der Waals surface area contributed by atoms with Crippen LogP contribution in [0.4, 0.5) is 35.8 Å². The smallest absolute Gasteiger partial charge is 0.323 e. The topological polar surface area (TPSA) is 66.1 Å². The molecular weight excluding hydrogens is 382 g/mol. The molecule has 140 valence electrons. The van der Waals surface area contributed by atoms with Crippen molar-refractivity contribution in [1.82, 2.24) is 4.98 Å². The largest absolute Gasteiger partial charge is 0.332 e.